The van der Waals surface area contributed by atoms with E-state index >= 15 is 0 Å². The smallest absolute Gasteiger partial charge is 0.160 e. The maximum Gasteiger partial charge on any atom is 0.160 e. The molecule has 0 bridgehead atoms. The van der Waals surface area contributed by atoms with Gasteiger partial charge in [-0.2, -0.15) is 0 Å². The number of aromatic nitrogens is 2. The molecule has 0 aliphatic carbocycles. The van der Waals surface area contributed by atoms with Crippen LogP contribution in [0.4, 0.5) is 0 Å². The summed E-state index contributed by atoms with van der Waals surface area (Å²) in [6.07, 6.45) is 0.827. The van der Waals surface area contributed by atoms with Crippen LogP contribution in [0.5, 0.6) is 0 Å². The lowest BCUT2D eigenvalue weighted by atomic mass is 10.4. The second-order valence-electron chi connectivity index (χ2n) is 2.54. The first kappa shape index (κ1) is 8.77. The van der Waals surface area contributed by atoms with E-state index in [1.807, 2.05) is 6.92 Å². The molecule has 0 atom stereocenters. The predicted molar refractivity (Wildman–Crippen MR) is 55.2 cm³/mol. The summed E-state index contributed by atoms with van der Waals surface area (Å²) in [6.45, 7) is 1.82. The van der Waals surface area contributed by atoms with Gasteiger partial charge in [-0.1, -0.05) is 0 Å². The first-order valence-electron chi connectivity index (χ1n) is 3.59. The molecule has 0 saturated carbocycles. The van der Waals surface area contributed by atoms with Crippen LogP contribution in [0.1, 0.15) is 15.5 Å². The van der Waals surface area contributed by atoms with Gasteiger partial charge < -0.3 is 0 Å². The van der Waals surface area contributed by atoms with Crippen LogP contribution in [-0.4, -0.2) is 16.3 Å². The van der Waals surface area contributed by atoms with Crippen molar-refractivity contribution in [2.24, 2.45) is 0 Å². The van der Waals surface area contributed by atoms with E-state index in [0.717, 1.165) is 21.1 Å². The maximum atomic E-state index is 10.5. The number of fused-ring (bicyclic) bond motifs is 1. The molecule has 0 N–H and O–H groups in total. The van der Waals surface area contributed by atoms with E-state index in [-0.39, 0.29) is 0 Å². The highest BCUT2D eigenvalue weighted by Gasteiger charge is 2.07. The van der Waals surface area contributed by atoms with Crippen LogP contribution >= 0.6 is 27.3 Å². The normalized spacial score (nSPS) is 10.6. The Hall–Kier alpha value is -0.810. The van der Waals surface area contributed by atoms with Gasteiger partial charge in [-0.15, -0.1) is 11.3 Å². The van der Waals surface area contributed by atoms with Gasteiger partial charge in [-0.3, -0.25) is 4.79 Å². The summed E-state index contributed by atoms with van der Waals surface area (Å²) in [5.74, 6) is 0.703. The summed E-state index contributed by atoms with van der Waals surface area (Å²) >= 11 is 4.73. The van der Waals surface area contributed by atoms with Gasteiger partial charge in [-0.25, -0.2) is 9.97 Å². The highest BCUT2D eigenvalue weighted by molar-refractivity contribution is 9.10. The van der Waals surface area contributed by atoms with Crippen molar-refractivity contribution < 1.29 is 4.79 Å². The Morgan fingerprint density at radius 2 is 2.31 bits per heavy atom. The second kappa shape index (κ2) is 3.16. The van der Waals surface area contributed by atoms with Crippen LogP contribution in [0.15, 0.2) is 10.7 Å². The van der Waals surface area contributed by atoms with E-state index in [1.165, 1.54) is 11.3 Å². The summed E-state index contributed by atoms with van der Waals surface area (Å²) in [7, 11) is 0. The minimum Gasteiger partial charge on any atom is -0.297 e. The van der Waals surface area contributed by atoms with Crippen LogP contribution in [0.25, 0.3) is 10.2 Å². The van der Waals surface area contributed by atoms with E-state index in [2.05, 4.69) is 25.9 Å². The third kappa shape index (κ3) is 1.49. The average molecular weight is 257 g/mol. The van der Waals surface area contributed by atoms with E-state index in [1.54, 1.807) is 6.07 Å². The average Bonchev–Trinajstić information content (AvgIpc) is 2.47. The molecule has 3 nitrogen and oxygen atoms in total. The Morgan fingerprint density at radius 3 is 3.00 bits per heavy atom. The van der Waals surface area contributed by atoms with E-state index < -0.39 is 0 Å². The van der Waals surface area contributed by atoms with Gasteiger partial charge >= 0.3 is 0 Å². The Balaban J connectivity index is 2.82. The van der Waals surface area contributed by atoms with Gasteiger partial charge in [0.25, 0.3) is 0 Å². The Labute approximate surface area is 87.0 Å². The minimum absolute atomic E-state index is 0.676. The van der Waals surface area contributed by atoms with Crippen molar-refractivity contribution in [3.05, 3.63) is 21.4 Å². The minimum atomic E-state index is 0.676. The Bertz CT molecular complexity index is 480. The quantitative estimate of drug-likeness (QED) is 0.582. The fourth-order valence-corrected chi connectivity index (χ4v) is 2.58. The molecular formula is C8H5BrN2OS. The molecule has 2 aromatic heterocycles. The zero-order chi connectivity index (χ0) is 9.42. The summed E-state index contributed by atoms with van der Waals surface area (Å²) in [5.41, 5.74) is 0.825. The molecular weight excluding hydrogens is 252 g/mol. The van der Waals surface area contributed by atoms with Crippen LogP contribution in [0.3, 0.4) is 0 Å². The van der Waals surface area contributed by atoms with Crippen molar-refractivity contribution in [2.45, 2.75) is 6.92 Å². The number of thiophene rings is 1. The monoisotopic (exact) mass is 256 g/mol. The SMILES string of the molecule is Cc1nc(Br)c2sc(C=O)cc2n1. The van der Waals surface area contributed by atoms with Crippen molar-refractivity contribution in [1.82, 2.24) is 9.97 Å². The van der Waals surface area contributed by atoms with Crippen molar-refractivity contribution in [3.8, 4) is 0 Å². The number of hydrogen-bond acceptors (Lipinski definition) is 4. The number of hydrogen-bond donors (Lipinski definition) is 0. The summed E-state index contributed by atoms with van der Waals surface area (Å²) in [6, 6.07) is 1.77. The molecule has 0 saturated heterocycles. The third-order valence-electron chi connectivity index (χ3n) is 1.58. The lowest BCUT2D eigenvalue weighted by molar-refractivity contribution is 0.112. The number of aldehydes is 1. The Kier molecular flexibility index (Phi) is 2.13. The van der Waals surface area contributed by atoms with E-state index in [9.17, 15) is 4.79 Å². The lowest BCUT2D eigenvalue weighted by Crippen LogP contribution is -1.86. The van der Waals surface area contributed by atoms with E-state index in [4.69, 9.17) is 0 Å². The van der Waals surface area contributed by atoms with Crippen molar-refractivity contribution in [3.63, 3.8) is 0 Å². The fourth-order valence-electron chi connectivity index (χ4n) is 1.08. The predicted octanol–water partition coefficient (Wildman–Crippen LogP) is 2.57. The number of aryl methyl sites for hydroxylation is 1. The van der Waals surface area contributed by atoms with Crippen LogP contribution < -0.4 is 0 Å². The van der Waals surface area contributed by atoms with Crippen LogP contribution in [0.2, 0.25) is 0 Å². The fraction of sp³-hybridized carbons (Fsp3) is 0.125. The third-order valence-corrected chi connectivity index (χ3v) is 3.47. The van der Waals surface area contributed by atoms with Gasteiger partial charge in [0.05, 0.1) is 15.1 Å². The molecule has 0 aliphatic rings. The summed E-state index contributed by atoms with van der Waals surface area (Å²) < 4.78 is 1.68. The number of rotatable bonds is 1. The highest BCUT2D eigenvalue weighted by atomic mass is 79.9. The number of nitrogens with zero attached hydrogens (tertiary/aromatic N) is 2. The second-order valence-corrected chi connectivity index (χ2v) is 4.38. The zero-order valence-corrected chi connectivity index (χ0v) is 9.15. The van der Waals surface area contributed by atoms with Crippen LogP contribution in [0, 0.1) is 6.92 Å². The number of carbonyl (C=O) groups excluding carboxylic acids is 1. The van der Waals surface area contributed by atoms with Gasteiger partial charge in [0, 0.05) is 0 Å². The van der Waals surface area contributed by atoms with Crippen molar-refractivity contribution in [1.29, 1.82) is 0 Å². The molecule has 66 valence electrons. The molecule has 5 heteroatoms. The molecule has 0 radical (unpaired) electrons. The largest absolute Gasteiger partial charge is 0.297 e. The van der Waals surface area contributed by atoms with Crippen molar-refractivity contribution >= 4 is 43.8 Å². The highest BCUT2D eigenvalue weighted by Crippen LogP contribution is 2.28. The first-order chi connectivity index (χ1) is 6.20. The topological polar surface area (TPSA) is 42.9 Å². The molecule has 2 rings (SSSR count). The van der Waals surface area contributed by atoms with E-state index in [0.29, 0.717) is 10.7 Å². The molecule has 0 aromatic carbocycles. The molecule has 0 spiro atoms. The molecule has 0 amide bonds. The van der Waals surface area contributed by atoms with Gasteiger partial charge in [0.2, 0.25) is 0 Å². The maximum absolute atomic E-state index is 10.5. The van der Waals surface area contributed by atoms with Crippen molar-refractivity contribution in [2.75, 3.05) is 0 Å². The lowest BCUT2D eigenvalue weighted by Gasteiger charge is -1.93. The standard InChI is InChI=1S/C8H5BrN2OS/c1-4-10-6-2-5(3-12)13-7(6)8(9)11-4/h2-3H,1H3. The number of halogens is 1. The zero-order valence-electron chi connectivity index (χ0n) is 6.74. The molecule has 2 heterocycles. The van der Waals surface area contributed by atoms with Crippen LogP contribution in [-0.2, 0) is 0 Å². The molecule has 0 aliphatic heterocycles. The molecule has 0 fully saturated rings. The summed E-state index contributed by atoms with van der Waals surface area (Å²) in [5, 5.41) is 0. The van der Waals surface area contributed by atoms with Gasteiger partial charge in [0.1, 0.15) is 10.4 Å². The Morgan fingerprint density at radius 1 is 1.54 bits per heavy atom. The molecule has 13 heavy (non-hydrogen) atoms. The first-order valence-corrected chi connectivity index (χ1v) is 5.20. The molecule has 0 unspecified atom stereocenters. The van der Waals surface area contributed by atoms with Gasteiger partial charge in [-0.05, 0) is 28.9 Å². The van der Waals surface area contributed by atoms with Gasteiger partial charge in [0.15, 0.2) is 6.29 Å². The summed E-state index contributed by atoms with van der Waals surface area (Å²) in [4.78, 5) is 19.6. The number of carbonyl (C=O) groups is 1. The molecule has 2 aromatic rings.